The van der Waals surface area contributed by atoms with Crippen molar-refractivity contribution in [3.8, 4) is 11.1 Å². The van der Waals surface area contributed by atoms with Gasteiger partial charge in [-0.25, -0.2) is 8.78 Å². The Bertz CT molecular complexity index is 665. The molecule has 0 heterocycles. The molecule has 0 aliphatic carbocycles. The largest absolute Gasteiger partial charge is 0.416 e. The second-order valence-corrected chi connectivity index (χ2v) is 5.04. The molecule has 0 N–H and O–H groups in total. The first-order valence-corrected chi connectivity index (χ1v) is 6.40. The van der Waals surface area contributed by atoms with E-state index >= 15 is 0 Å². The lowest BCUT2D eigenvalue weighted by Gasteiger charge is -2.14. The normalized spacial score (nSPS) is 12.0. The number of benzene rings is 2. The molecule has 2 aromatic rings. The second kappa shape index (κ2) is 5.81. The smallest absolute Gasteiger partial charge is 0.205 e. The molecule has 0 aliphatic rings. The topological polar surface area (TPSA) is 0 Å². The van der Waals surface area contributed by atoms with E-state index in [4.69, 9.17) is 23.2 Å². The zero-order valence-corrected chi connectivity index (χ0v) is 11.7. The third-order valence-corrected chi connectivity index (χ3v) is 3.59. The molecule has 21 heavy (non-hydrogen) atoms. The lowest BCUT2D eigenvalue weighted by Crippen LogP contribution is -2.09. The first-order chi connectivity index (χ1) is 9.70. The molecule has 0 bridgehead atoms. The highest BCUT2D eigenvalue weighted by Crippen LogP contribution is 2.39. The predicted octanol–water partition coefficient (Wildman–Crippen LogP) is 6.62. The summed E-state index contributed by atoms with van der Waals surface area (Å²) in [6, 6.07) is 6.91. The molecule has 0 saturated carbocycles. The van der Waals surface area contributed by atoms with Gasteiger partial charge in [0.25, 0.3) is 6.43 Å². The van der Waals surface area contributed by atoms with Gasteiger partial charge in [0.05, 0.1) is 15.6 Å². The van der Waals surface area contributed by atoms with Crippen molar-refractivity contribution in [2.75, 3.05) is 0 Å². The molecule has 0 radical (unpaired) electrons. The molecule has 0 fully saturated rings. The third kappa shape index (κ3) is 3.47. The lowest BCUT2D eigenvalue weighted by molar-refractivity contribution is -0.139. The average Bonchev–Trinajstić information content (AvgIpc) is 2.40. The minimum absolute atomic E-state index is 0.130. The minimum Gasteiger partial charge on any atom is -0.205 e. The number of rotatable bonds is 2. The van der Waals surface area contributed by atoms with Crippen LogP contribution in [0.25, 0.3) is 11.1 Å². The zero-order valence-electron chi connectivity index (χ0n) is 10.2. The lowest BCUT2D eigenvalue weighted by atomic mass is 9.99. The van der Waals surface area contributed by atoms with E-state index in [0.717, 1.165) is 6.07 Å². The Morgan fingerprint density at radius 3 is 1.90 bits per heavy atom. The second-order valence-electron chi connectivity index (χ2n) is 4.23. The van der Waals surface area contributed by atoms with Gasteiger partial charge in [0.1, 0.15) is 0 Å². The Kier molecular flexibility index (Phi) is 4.44. The van der Waals surface area contributed by atoms with Crippen molar-refractivity contribution in [3.05, 3.63) is 57.6 Å². The van der Waals surface area contributed by atoms with E-state index < -0.39 is 23.7 Å². The van der Waals surface area contributed by atoms with Crippen LogP contribution >= 0.6 is 23.2 Å². The van der Waals surface area contributed by atoms with Crippen molar-refractivity contribution >= 4 is 23.2 Å². The van der Waals surface area contributed by atoms with Gasteiger partial charge in [-0.3, -0.25) is 0 Å². The quantitative estimate of drug-likeness (QED) is 0.539. The Morgan fingerprint density at radius 1 is 0.810 bits per heavy atom. The van der Waals surface area contributed by atoms with E-state index in [9.17, 15) is 22.0 Å². The fraction of sp³-hybridized carbons (Fsp3) is 0.143. The number of hydrogen-bond donors (Lipinski definition) is 0. The first kappa shape index (κ1) is 16.0. The van der Waals surface area contributed by atoms with Gasteiger partial charge in [0, 0.05) is 5.56 Å². The molecule has 7 heteroatoms. The minimum atomic E-state index is -4.86. The summed E-state index contributed by atoms with van der Waals surface area (Å²) in [4.78, 5) is 0. The molecular formula is C14H7Cl2F5. The summed E-state index contributed by atoms with van der Waals surface area (Å²) in [5, 5.41) is 0.418. The molecule has 112 valence electrons. The summed E-state index contributed by atoms with van der Waals surface area (Å²) in [6.45, 7) is 0. The molecule has 2 aromatic carbocycles. The summed E-state index contributed by atoms with van der Waals surface area (Å²) >= 11 is 11.5. The summed E-state index contributed by atoms with van der Waals surface area (Å²) in [7, 11) is 0. The van der Waals surface area contributed by atoms with Crippen LogP contribution in [0.3, 0.4) is 0 Å². The van der Waals surface area contributed by atoms with E-state index in [1.54, 1.807) is 0 Å². The van der Waals surface area contributed by atoms with Crippen LogP contribution in [0, 0.1) is 0 Å². The average molecular weight is 341 g/mol. The number of hydrogen-bond acceptors (Lipinski definition) is 0. The van der Waals surface area contributed by atoms with Gasteiger partial charge in [-0.1, -0.05) is 41.4 Å². The highest BCUT2D eigenvalue weighted by Gasteiger charge is 2.35. The van der Waals surface area contributed by atoms with Crippen LogP contribution in [0.15, 0.2) is 36.4 Å². The molecule has 0 nitrogen and oxygen atoms in total. The first-order valence-electron chi connectivity index (χ1n) is 5.65. The van der Waals surface area contributed by atoms with Crippen LogP contribution in [-0.4, -0.2) is 0 Å². The van der Waals surface area contributed by atoms with Gasteiger partial charge >= 0.3 is 6.18 Å². The molecular weight excluding hydrogens is 334 g/mol. The number of halogens is 7. The predicted molar refractivity (Wildman–Crippen MR) is 71.9 cm³/mol. The van der Waals surface area contributed by atoms with Crippen molar-refractivity contribution in [1.82, 2.24) is 0 Å². The third-order valence-electron chi connectivity index (χ3n) is 2.85. The Labute approximate surface area is 127 Å². The van der Waals surface area contributed by atoms with Crippen molar-refractivity contribution in [2.24, 2.45) is 0 Å². The number of alkyl halides is 5. The molecule has 0 spiro atoms. The van der Waals surface area contributed by atoms with Crippen LogP contribution in [0.4, 0.5) is 22.0 Å². The van der Waals surface area contributed by atoms with E-state index in [1.807, 2.05) is 0 Å². The summed E-state index contributed by atoms with van der Waals surface area (Å²) in [5.41, 5.74) is -1.92. The van der Waals surface area contributed by atoms with Gasteiger partial charge in [0.15, 0.2) is 0 Å². The van der Waals surface area contributed by atoms with Crippen LogP contribution in [0.1, 0.15) is 17.6 Å². The fourth-order valence-electron chi connectivity index (χ4n) is 1.85. The molecule has 0 saturated heterocycles. The van der Waals surface area contributed by atoms with Crippen molar-refractivity contribution in [3.63, 3.8) is 0 Å². The molecule has 0 aliphatic heterocycles. The summed E-state index contributed by atoms with van der Waals surface area (Å²) in [6.07, 6.45) is -8.07. The van der Waals surface area contributed by atoms with Gasteiger partial charge in [0.2, 0.25) is 0 Å². The van der Waals surface area contributed by atoms with Gasteiger partial charge < -0.3 is 0 Å². The standard InChI is InChI=1S/C14H7Cl2F5/c15-11-4-2-8(6-12(11)16)7-1-3-9(13(17)18)10(5-7)14(19,20)21/h1-6,13H. The Balaban J connectivity index is 2.58. The maximum Gasteiger partial charge on any atom is 0.416 e. The SMILES string of the molecule is FC(F)c1ccc(-c2ccc(Cl)c(Cl)c2)cc1C(F)(F)F. The van der Waals surface area contributed by atoms with Crippen molar-refractivity contribution in [1.29, 1.82) is 0 Å². The van der Waals surface area contributed by atoms with E-state index in [0.29, 0.717) is 11.6 Å². The van der Waals surface area contributed by atoms with Crippen LogP contribution in [0.5, 0.6) is 0 Å². The zero-order chi connectivity index (χ0) is 15.8. The Hall–Kier alpha value is -1.33. The monoisotopic (exact) mass is 340 g/mol. The molecule has 0 atom stereocenters. The van der Waals surface area contributed by atoms with E-state index in [2.05, 4.69) is 0 Å². The van der Waals surface area contributed by atoms with Gasteiger partial charge in [-0.15, -0.1) is 0 Å². The molecule has 0 unspecified atom stereocenters. The maximum absolute atomic E-state index is 12.9. The maximum atomic E-state index is 12.9. The van der Waals surface area contributed by atoms with Gasteiger partial charge in [-0.05, 0) is 29.3 Å². The van der Waals surface area contributed by atoms with Crippen molar-refractivity contribution < 1.29 is 22.0 Å². The van der Waals surface area contributed by atoms with Crippen LogP contribution in [0.2, 0.25) is 10.0 Å². The molecule has 0 aromatic heterocycles. The Morgan fingerprint density at radius 2 is 1.38 bits per heavy atom. The summed E-state index contributed by atoms with van der Waals surface area (Å²) in [5.74, 6) is 0. The van der Waals surface area contributed by atoms with E-state index in [1.165, 1.54) is 24.3 Å². The van der Waals surface area contributed by atoms with E-state index in [-0.39, 0.29) is 15.6 Å². The van der Waals surface area contributed by atoms with Crippen LogP contribution < -0.4 is 0 Å². The van der Waals surface area contributed by atoms with Crippen LogP contribution in [-0.2, 0) is 6.18 Å². The molecule has 2 rings (SSSR count). The highest BCUT2D eigenvalue weighted by atomic mass is 35.5. The molecule has 0 amide bonds. The van der Waals surface area contributed by atoms with Crippen molar-refractivity contribution in [2.45, 2.75) is 12.6 Å². The van der Waals surface area contributed by atoms with Gasteiger partial charge in [-0.2, -0.15) is 13.2 Å². The highest BCUT2D eigenvalue weighted by molar-refractivity contribution is 6.42. The fourth-order valence-corrected chi connectivity index (χ4v) is 2.15. The summed E-state index contributed by atoms with van der Waals surface area (Å²) < 4.78 is 63.9.